The summed E-state index contributed by atoms with van der Waals surface area (Å²) in [6.45, 7) is 1.70. The lowest BCUT2D eigenvalue weighted by Gasteiger charge is -2.38. The number of aliphatic hydroxyl groups excluding tert-OH is 1. The van der Waals surface area contributed by atoms with Gasteiger partial charge in [0.25, 0.3) is 10.0 Å². The summed E-state index contributed by atoms with van der Waals surface area (Å²) in [5.41, 5.74) is -0.910. The average molecular weight is 317 g/mol. The molecule has 7 nitrogen and oxygen atoms in total. The molecule has 2 unspecified atom stereocenters. The predicted octanol–water partition coefficient (Wildman–Crippen LogP) is 1.20. The molecule has 1 aromatic heterocycles. The summed E-state index contributed by atoms with van der Waals surface area (Å²) in [6.07, 6.45) is 2.89. The number of aromatic carboxylic acids is 1. The third-order valence-corrected chi connectivity index (χ3v) is 5.25. The Balaban J connectivity index is 2.24. The van der Waals surface area contributed by atoms with Crippen LogP contribution in [0.25, 0.3) is 0 Å². The van der Waals surface area contributed by atoms with E-state index in [1.807, 2.05) is 6.92 Å². The van der Waals surface area contributed by atoms with Gasteiger partial charge in [0.15, 0.2) is 0 Å². The molecule has 1 heterocycles. The van der Waals surface area contributed by atoms with Crippen molar-refractivity contribution in [1.82, 2.24) is 4.72 Å². The SMILES string of the molecule is CC1CCCC(CO)(NS(=O)(=O)c2ccc(C(=O)O)o2)C1. The molecule has 0 spiro atoms. The van der Waals surface area contributed by atoms with E-state index in [0.717, 1.165) is 25.0 Å². The number of carbonyl (C=O) groups is 1. The van der Waals surface area contributed by atoms with Gasteiger partial charge in [0, 0.05) is 0 Å². The van der Waals surface area contributed by atoms with Crippen molar-refractivity contribution in [3.05, 3.63) is 17.9 Å². The van der Waals surface area contributed by atoms with Crippen molar-refractivity contribution in [3.8, 4) is 0 Å². The summed E-state index contributed by atoms with van der Waals surface area (Å²) in [5.74, 6) is -1.47. The standard InChI is InChI=1S/C13H19NO6S/c1-9-3-2-6-13(7-9,8-15)14-21(18,19)11-5-4-10(20-11)12(16)17/h4-5,9,14-15H,2-3,6-8H2,1H3,(H,16,17). The fraction of sp³-hybridized carbons (Fsp3) is 0.615. The van der Waals surface area contributed by atoms with E-state index in [1.165, 1.54) is 0 Å². The molecule has 0 aromatic carbocycles. The molecule has 0 bridgehead atoms. The molecule has 0 radical (unpaired) electrons. The van der Waals surface area contributed by atoms with Gasteiger partial charge in [-0.2, -0.15) is 0 Å². The van der Waals surface area contributed by atoms with Crippen LogP contribution in [-0.4, -0.2) is 36.7 Å². The number of rotatable bonds is 5. The highest BCUT2D eigenvalue weighted by Gasteiger charge is 2.39. The number of sulfonamides is 1. The maximum Gasteiger partial charge on any atom is 0.371 e. The van der Waals surface area contributed by atoms with Gasteiger partial charge in [0.1, 0.15) is 0 Å². The first-order valence-corrected chi connectivity index (χ1v) is 8.24. The number of carboxylic acid groups (broad SMARTS) is 1. The highest BCUT2D eigenvalue weighted by atomic mass is 32.2. The molecule has 0 amide bonds. The Labute approximate surface area is 123 Å². The van der Waals surface area contributed by atoms with Gasteiger partial charge < -0.3 is 14.6 Å². The van der Waals surface area contributed by atoms with Crippen LogP contribution in [0.5, 0.6) is 0 Å². The Kier molecular flexibility index (Phi) is 4.40. The topological polar surface area (TPSA) is 117 Å². The summed E-state index contributed by atoms with van der Waals surface area (Å²) in [7, 11) is -4.01. The van der Waals surface area contributed by atoms with E-state index in [2.05, 4.69) is 4.72 Å². The molecule has 1 aliphatic carbocycles. The van der Waals surface area contributed by atoms with Gasteiger partial charge in [-0.1, -0.05) is 19.8 Å². The first-order valence-electron chi connectivity index (χ1n) is 6.76. The Hall–Kier alpha value is -1.38. The second-order valence-electron chi connectivity index (χ2n) is 5.67. The van der Waals surface area contributed by atoms with Gasteiger partial charge in [-0.3, -0.25) is 0 Å². The van der Waals surface area contributed by atoms with Gasteiger partial charge in [-0.15, -0.1) is 0 Å². The maximum absolute atomic E-state index is 12.3. The van der Waals surface area contributed by atoms with Crippen LogP contribution >= 0.6 is 0 Å². The number of aliphatic hydroxyl groups is 1. The van der Waals surface area contributed by atoms with E-state index in [4.69, 9.17) is 9.52 Å². The summed E-state index contributed by atoms with van der Waals surface area (Å²) < 4.78 is 31.9. The third kappa shape index (κ3) is 3.45. The fourth-order valence-corrected chi connectivity index (χ4v) is 4.21. The largest absolute Gasteiger partial charge is 0.475 e. The number of carboxylic acids is 1. The van der Waals surface area contributed by atoms with Crippen LogP contribution in [0, 0.1) is 5.92 Å². The van der Waals surface area contributed by atoms with E-state index >= 15 is 0 Å². The molecule has 118 valence electrons. The molecule has 3 N–H and O–H groups in total. The third-order valence-electron chi connectivity index (χ3n) is 3.80. The van der Waals surface area contributed by atoms with Crippen molar-refractivity contribution >= 4 is 16.0 Å². The second-order valence-corrected chi connectivity index (χ2v) is 7.28. The molecular formula is C13H19NO6S. The molecule has 1 fully saturated rings. The molecule has 2 rings (SSSR count). The van der Waals surface area contributed by atoms with Gasteiger partial charge in [-0.25, -0.2) is 17.9 Å². The quantitative estimate of drug-likeness (QED) is 0.751. The van der Waals surface area contributed by atoms with Crippen LogP contribution in [0.1, 0.15) is 43.2 Å². The van der Waals surface area contributed by atoms with Crippen molar-refractivity contribution < 1.29 is 27.8 Å². The molecule has 8 heteroatoms. The van der Waals surface area contributed by atoms with Crippen molar-refractivity contribution in [1.29, 1.82) is 0 Å². The van der Waals surface area contributed by atoms with Crippen LogP contribution in [0.4, 0.5) is 0 Å². The highest BCUT2D eigenvalue weighted by molar-refractivity contribution is 7.89. The van der Waals surface area contributed by atoms with Crippen molar-refractivity contribution in [2.45, 2.75) is 43.2 Å². The Morgan fingerprint density at radius 3 is 2.76 bits per heavy atom. The van der Waals surface area contributed by atoms with Crippen LogP contribution in [0.2, 0.25) is 0 Å². The van der Waals surface area contributed by atoms with Gasteiger partial charge in [-0.05, 0) is 30.9 Å². The monoisotopic (exact) mass is 317 g/mol. The van der Waals surface area contributed by atoms with Crippen molar-refractivity contribution in [2.75, 3.05) is 6.61 Å². The van der Waals surface area contributed by atoms with E-state index in [-0.39, 0.29) is 6.61 Å². The van der Waals surface area contributed by atoms with E-state index in [9.17, 15) is 18.3 Å². The smallest absolute Gasteiger partial charge is 0.371 e. The Morgan fingerprint density at radius 2 is 2.24 bits per heavy atom. The van der Waals surface area contributed by atoms with E-state index in [1.54, 1.807) is 0 Å². The van der Waals surface area contributed by atoms with Gasteiger partial charge in [0.05, 0.1) is 12.1 Å². The molecule has 0 aliphatic heterocycles. The molecule has 1 saturated carbocycles. The van der Waals surface area contributed by atoms with E-state index < -0.39 is 32.4 Å². The first kappa shape index (κ1) is 16.0. The fourth-order valence-electron chi connectivity index (χ4n) is 2.84. The second kappa shape index (κ2) is 5.78. The van der Waals surface area contributed by atoms with Crippen LogP contribution in [0.3, 0.4) is 0 Å². The summed E-state index contributed by atoms with van der Waals surface area (Å²) in [5, 5.41) is 17.9. The average Bonchev–Trinajstić information content (AvgIpc) is 2.88. The van der Waals surface area contributed by atoms with E-state index in [0.29, 0.717) is 18.8 Å². The zero-order valence-corrected chi connectivity index (χ0v) is 12.5. The molecule has 0 saturated heterocycles. The lowest BCUT2D eigenvalue weighted by Crippen LogP contribution is -2.53. The Morgan fingerprint density at radius 1 is 1.52 bits per heavy atom. The van der Waals surface area contributed by atoms with Gasteiger partial charge in [0.2, 0.25) is 10.9 Å². The Bertz CT molecular complexity index is 622. The molecule has 1 aromatic rings. The number of nitrogens with one attached hydrogen (secondary N) is 1. The first-order chi connectivity index (χ1) is 9.78. The normalized spacial score (nSPS) is 26.7. The molecular weight excluding hydrogens is 298 g/mol. The number of furan rings is 1. The number of hydrogen-bond donors (Lipinski definition) is 3. The lowest BCUT2D eigenvalue weighted by molar-refractivity contribution is 0.0656. The summed E-state index contributed by atoms with van der Waals surface area (Å²) in [6, 6.07) is 2.19. The molecule has 1 aliphatic rings. The van der Waals surface area contributed by atoms with Crippen LogP contribution < -0.4 is 4.72 Å². The predicted molar refractivity (Wildman–Crippen MR) is 73.4 cm³/mol. The minimum atomic E-state index is -4.01. The summed E-state index contributed by atoms with van der Waals surface area (Å²) in [4.78, 5) is 10.7. The molecule has 21 heavy (non-hydrogen) atoms. The van der Waals surface area contributed by atoms with Crippen LogP contribution in [-0.2, 0) is 10.0 Å². The highest BCUT2D eigenvalue weighted by Crippen LogP contribution is 2.33. The molecule has 2 atom stereocenters. The zero-order chi connectivity index (χ0) is 15.7. The summed E-state index contributed by atoms with van der Waals surface area (Å²) >= 11 is 0. The minimum absolute atomic E-state index is 0.303. The minimum Gasteiger partial charge on any atom is -0.475 e. The van der Waals surface area contributed by atoms with Gasteiger partial charge >= 0.3 is 5.97 Å². The maximum atomic E-state index is 12.3. The van der Waals surface area contributed by atoms with Crippen molar-refractivity contribution in [3.63, 3.8) is 0 Å². The number of hydrogen-bond acceptors (Lipinski definition) is 5. The van der Waals surface area contributed by atoms with Crippen molar-refractivity contribution in [2.24, 2.45) is 5.92 Å². The van der Waals surface area contributed by atoms with Crippen LogP contribution in [0.15, 0.2) is 21.6 Å². The lowest BCUT2D eigenvalue weighted by atomic mass is 9.78. The zero-order valence-electron chi connectivity index (χ0n) is 11.7.